The van der Waals surface area contributed by atoms with Crippen LogP contribution in [-0.4, -0.2) is 33.7 Å². The molecule has 7 nitrogen and oxygen atoms in total. The van der Waals surface area contributed by atoms with Crippen molar-refractivity contribution >= 4 is 21.6 Å². The fourth-order valence-corrected chi connectivity index (χ4v) is 5.10. The van der Waals surface area contributed by atoms with Gasteiger partial charge in [0, 0.05) is 0 Å². The van der Waals surface area contributed by atoms with Gasteiger partial charge in [-0.15, -0.1) is 0 Å². The van der Waals surface area contributed by atoms with Gasteiger partial charge in [0.2, 0.25) is 15.9 Å². The molecule has 0 saturated carbocycles. The summed E-state index contributed by atoms with van der Waals surface area (Å²) in [6.07, 6.45) is 1.74. The van der Waals surface area contributed by atoms with Crippen LogP contribution in [0.4, 0.5) is 5.69 Å². The maximum atomic E-state index is 13.2. The highest BCUT2D eigenvalue weighted by molar-refractivity contribution is 7.92. The van der Waals surface area contributed by atoms with Gasteiger partial charge in [0.05, 0.1) is 25.1 Å². The molecule has 0 bridgehead atoms. The van der Waals surface area contributed by atoms with E-state index in [0.29, 0.717) is 23.6 Å². The molecule has 2 atom stereocenters. The number of nitrogens with zero attached hydrogens (tertiary/aromatic N) is 1. The lowest BCUT2D eigenvalue weighted by Gasteiger charge is -2.30. The summed E-state index contributed by atoms with van der Waals surface area (Å²) >= 11 is 0. The molecule has 8 heteroatoms. The van der Waals surface area contributed by atoms with Crippen LogP contribution >= 0.6 is 0 Å². The zero-order chi connectivity index (χ0) is 25.6. The predicted octanol–water partition coefficient (Wildman–Crippen LogP) is 5.22. The molecule has 3 aromatic rings. The van der Waals surface area contributed by atoms with Gasteiger partial charge in [0.1, 0.15) is 23.3 Å². The van der Waals surface area contributed by atoms with E-state index in [2.05, 4.69) is 5.32 Å². The van der Waals surface area contributed by atoms with Gasteiger partial charge in [-0.05, 0) is 73.9 Å². The smallest absolute Gasteiger partial charge is 0.244 e. The Morgan fingerprint density at radius 2 is 1.63 bits per heavy atom. The number of methoxy groups -OCH3 is 1. The zero-order valence-corrected chi connectivity index (χ0v) is 21.5. The molecule has 0 radical (unpaired) electrons. The van der Waals surface area contributed by atoms with Crippen LogP contribution in [0.5, 0.6) is 17.2 Å². The first-order valence-corrected chi connectivity index (χ1v) is 13.3. The number of para-hydroxylation sites is 1. The van der Waals surface area contributed by atoms with Gasteiger partial charge in [0.15, 0.2) is 0 Å². The first kappa shape index (κ1) is 26.1. The molecule has 186 valence electrons. The average molecular weight is 497 g/mol. The molecule has 0 aromatic heterocycles. The molecule has 0 aliphatic heterocycles. The second-order valence-corrected chi connectivity index (χ2v) is 10.2. The maximum Gasteiger partial charge on any atom is 0.244 e. The summed E-state index contributed by atoms with van der Waals surface area (Å²) in [5.41, 5.74) is 2.27. The minimum absolute atomic E-state index is 0.266. The molecule has 0 aliphatic carbocycles. The number of rotatable bonds is 10. The van der Waals surface area contributed by atoms with Crippen molar-refractivity contribution in [1.29, 1.82) is 0 Å². The van der Waals surface area contributed by atoms with Crippen molar-refractivity contribution in [2.75, 3.05) is 17.7 Å². The lowest BCUT2D eigenvalue weighted by molar-refractivity contribution is -0.122. The Morgan fingerprint density at radius 1 is 1.00 bits per heavy atom. The van der Waals surface area contributed by atoms with Gasteiger partial charge >= 0.3 is 0 Å². The molecule has 0 aliphatic rings. The third-order valence-corrected chi connectivity index (χ3v) is 6.95. The molecule has 0 saturated heterocycles. The van der Waals surface area contributed by atoms with Gasteiger partial charge < -0.3 is 14.8 Å². The van der Waals surface area contributed by atoms with E-state index in [4.69, 9.17) is 9.47 Å². The fourth-order valence-electron chi connectivity index (χ4n) is 3.93. The highest BCUT2D eigenvalue weighted by Crippen LogP contribution is 2.28. The van der Waals surface area contributed by atoms with Gasteiger partial charge in [-0.25, -0.2) is 8.42 Å². The molecule has 0 unspecified atom stereocenters. The lowest BCUT2D eigenvalue weighted by atomic mass is 10.0. The van der Waals surface area contributed by atoms with Gasteiger partial charge in [-0.2, -0.15) is 0 Å². The van der Waals surface area contributed by atoms with Crippen molar-refractivity contribution in [2.45, 2.75) is 39.3 Å². The molecule has 0 fully saturated rings. The summed E-state index contributed by atoms with van der Waals surface area (Å²) in [5, 5.41) is 3.00. The summed E-state index contributed by atoms with van der Waals surface area (Å²) in [6, 6.07) is 20.4. The zero-order valence-electron chi connectivity index (χ0n) is 20.7. The maximum absolute atomic E-state index is 13.2. The Kier molecular flexibility index (Phi) is 8.40. The van der Waals surface area contributed by atoms with E-state index in [1.54, 1.807) is 38.3 Å². The van der Waals surface area contributed by atoms with E-state index in [1.807, 2.05) is 62.4 Å². The monoisotopic (exact) mass is 496 g/mol. The topological polar surface area (TPSA) is 84.9 Å². The molecule has 3 aromatic carbocycles. The average Bonchev–Trinajstić information content (AvgIpc) is 2.83. The third-order valence-electron chi connectivity index (χ3n) is 5.70. The standard InChI is InChI=1S/C27H32N2O5S/c1-6-25(21-12-17-26(33-4)19(2)18-21)28-27(30)20(3)29(35(5,31)32)22-13-15-24(16-14-22)34-23-10-8-7-9-11-23/h7-18,20,25H,6H2,1-5H3,(H,28,30)/t20-,25+/m0/s1. The van der Waals surface area contributed by atoms with Gasteiger partial charge in [-0.1, -0.05) is 37.3 Å². The van der Waals surface area contributed by atoms with Crippen molar-refractivity contribution in [3.63, 3.8) is 0 Å². The molecule has 35 heavy (non-hydrogen) atoms. The first-order chi connectivity index (χ1) is 16.6. The second kappa shape index (κ2) is 11.3. The number of aryl methyl sites for hydroxylation is 1. The quantitative estimate of drug-likeness (QED) is 0.416. The number of hydrogen-bond donors (Lipinski definition) is 1. The van der Waals surface area contributed by atoms with Crippen molar-refractivity contribution in [2.24, 2.45) is 0 Å². The van der Waals surface area contributed by atoms with E-state index >= 15 is 0 Å². The Hall–Kier alpha value is -3.52. The Bertz CT molecular complexity index is 1240. The number of hydrogen-bond acceptors (Lipinski definition) is 5. The Balaban J connectivity index is 1.79. The van der Waals surface area contributed by atoms with Crippen LogP contribution in [0.25, 0.3) is 0 Å². The molecule has 0 heterocycles. The number of sulfonamides is 1. The number of amides is 1. The fraction of sp³-hybridized carbons (Fsp3) is 0.296. The number of anilines is 1. The predicted molar refractivity (Wildman–Crippen MR) is 139 cm³/mol. The normalized spacial score (nSPS) is 12.9. The molecule has 3 rings (SSSR count). The van der Waals surface area contributed by atoms with Gasteiger partial charge in [0.25, 0.3) is 0 Å². The van der Waals surface area contributed by atoms with Crippen LogP contribution in [0, 0.1) is 6.92 Å². The van der Waals surface area contributed by atoms with Crippen molar-refractivity contribution in [3.8, 4) is 17.2 Å². The number of benzene rings is 3. The van der Waals surface area contributed by atoms with Crippen molar-refractivity contribution < 1.29 is 22.7 Å². The van der Waals surface area contributed by atoms with E-state index in [1.165, 1.54) is 0 Å². The van der Waals surface area contributed by atoms with E-state index in [9.17, 15) is 13.2 Å². The van der Waals surface area contributed by atoms with Gasteiger partial charge in [-0.3, -0.25) is 9.10 Å². The molecule has 0 spiro atoms. The van der Waals surface area contributed by atoms with Crippen LogP contribution in [0.15, 0.2) is 72.8 Å². The minimum Gasteiger partial charge on any atom is -0.496 e. The van der Waals surface area contributed by atoms with E-state index in [-0.39, 0.29) is 11.9 Å². The minimum atomic E-state index is -3.74. The first-order valence-electron chi connectivity index (χ1n) is 11.4. The SMILES string of the molecule is CC[C@@H](NC(=O)[C@H](C)N(c1ccc(Oc2ccccc2)cc1)S(C)(=O)=O)c1ccc(OC)c(C)c1. The molecule has 1 amide bonds. The lowest BCUT2D eigenvalue weighted by Crippen LogP contribution is -2.48. The summed E-state index contributed by atoms with van der Waals surface area (Å²) in [5.74, 6) is 1.62. The number of nitrogens with one attached hydrogen (secondary N) is 1. The van der Waals surface area contributed by atoms with Crippen LogP contribution in [0.2, 0.25) is 0 Å². The molecule has 1 N–H and O–H groups in total. The molecular formula is C27H32N2O5S. The number of ether oxygens (including phenoxy) is 2. The van der Waals surface area contributed by atoms with Crippen molar-refractivity contribution in [3.05, 3.63) is 83.9 Å². The summed E-state index contributed by atoms with van der Waals surface area (Å²) in [6.45, 7) is 5.49. The summed E-state index contributed by atoms with van der Waals surface area (Å²) in [7, 11) is -2.13. The largest absolute Gasteiger partial charge is 0.496 e. The summed E-state index contributed by atoms with van der Waals surface area (Å²) in [4.78, 5) is 13.2. The highest BCUT2D eigenvalue weighted by Gasteiger charge is 2.30. The highest BCUT2D eigenvalue weighted by atomic mass is 32.2. The van der Waals surface area contributed by atoms with Crippen molar-refractivity contribution in [1.82, 2.24) is 5.32 Å². The Labute approximate surface area is 207 Å². The third kappa shape index (κ3) is 6.54. The van der Waals surface area contributed by atoms with E-state index in [0.717, 1.165) is 27.4 Å². The number of carbonyl (C=O) groups excluding carboxylic acids is 1. The summed E-state index contributed by atoms with van der Waals surface area (Å²) < 4.78 is 37.6. The van der Waals surface area contributed by atoms with Crippen LogP contribution in [0.1, 0.15) is 37.4 Å². The van der Waals surface area contributed by atoms with Crippen LogP contribution in [0.3, 0.4) is 0 Å². The Morgan fingerprint density at radius 3 is 2.17 bits per heavy atom. The van der Waals surface area contributed by atoms with E-state index < -0.39 is 16.1 Å². The molecular weight excluding hydrogens is 464 g/mol. The number of carbonyl (C=O) groups is 1. The van der Waals surface area contributed by atoms with Crippen LogP contribution in [-0.2, 0) is 14.8 Å². The second-order valence-electron chi connectivity index (χ2n) is 8.34. The van der Waals surface area contributed by atoms with Crippen LogP contribution < -0.4 is 19.1 Å².